The Hall–Kier alpha value is -1.39. The summed E-state index contributed by atoms with van der Waals surface area (Å²) in [5, 5.41) is 0. The van der Waals surface area contributed by atoms with Gasteiger partial charge in [-0.2, -0.15) is 13.2 Å². The van der Waals surface area contributed by atoms with Crippen LogP contribution in [0.15, 0.2) is 18.3 Å². The summed E-state index contributed by atoms with van der Waals surface area (Å²) in [5.74, 6) is -0.186. The summed E-state index contributed by atoms with van der Waals surface area (Å²) in [6, 6.07) is 2.06. The van der Waals surface area contributed by atoms with Gasteiger partial charge in [-0.15, -0.1) is 0 Å². The Morgan fingerprint density at radius 2 is 1.75 bits per heavy atom. The first-order valence-electron chi connectivity index (χ1n) is 7.01. The van der Waals surface area contributed by atoms with Crippen molar-refractivity contribution in [3.05, 3.63) is 29.6 Å². The molecule has 1 aromatic rings. The van der Waals surface area contributed by atoms with Crippen molar-refractivity contribution in [2.45, 2.75) is 58.0 Å². The van der Waals surface area contributed by atoms with Crippen molar-refractivity contribution in [2.24, 2.45) is 0 Å². The third-order valence-electron chi connectivity index (χ3n) is 3.13. The molecular formula is C15H20F3NO. The summed E-state index contributed by atoms with van der Waals surface area (Å²) in [6.07, 6.45) is 3.05. The number of nitrogens with zero attached hydrogens (tertiary/aromatic N) is 1. The standard InChI is InChI=1S/C15H20F3NO/c1-2-3-4-5-6-7-8-14(20)13-10-9-12(11-19-13)15(16,17)18/h9-11H,2-8H2,1H3. The van der Waals surface area contributed by atoms with Crippen molar-refractivity contribution in [2.75, 3.05) is 0 Å². The molecular weight excluding hydrogens is 267 g/mol. The number of halogens is 3. The van der Waals surface area contributed by atoms with Gasteiger partial charge < -0.3 is 0 Å². The Bertz CT molecular complexity index is 412. The van der Waals surface area contributed by atoms with E-state index in [1.54, 1.807) is 0 Å². The van der Waals surface area contributed by atoms with Crippen LogP contribution in [0.25, 0.3) is 0 Å². The second-order valence-corrected chi connectivity index (χ2v) is 4.87. The number of hydrogen-bond donors (Lipinski definition) is 0. The summed E-state index contributed by atoms with van der Waals surface area (Å²) < 4.78 is 37.0. The second kappa shape index (κ2) is 8.02. The van der Waals surface area contributed by atoms with E-state index in [-0.39, 0.29) is 11.5 Å². The van der Waals surface area contributed by atoms with Crippen molar-refractivity contribution in [3.8, 4) is 0 Å². The highest BCUT2D eigenvalue weighted by Gasteiger charge is 2.30. The third kappa shape index (κ3) is 5.72. The molecule has 0 saturated heterocycles. The molecule has 1 aromatic heterocycles. The van der Waals surface area contributed by atoms with Crippen LogP contribution in [0.2, 0.25) is 0 Å². The molecule has 0 fully saturated rings. The van der Waals surface area contributed by atoms with Crippen molar-refractivity contribution >= 4 is 5.78 Å². The van der Waals surface area contributed by atoms with Crippen LogP contribution in [-0.2, 0) is 6.18 Å². The van der Waals surface area contributed by atoms with Gasteiger partial charge in [0.25, 0.3) is 0 Å². The molecule has 0 aliphatic heterocycles. The number of carbonyl (C=O) groups is 1. The maximum Gasteiger partial charge on any atom is 0.417 e. The van der Waals surface area contributed by atoms with Gasteiger partial charge in [-0.25, -0.2) is 0 Å². The van der Waals surface area contributed by atoms with Gasteiger partial charge in [0.05, 0.1) is 5.56 Å². The van der Waals surface area contributed by atoms with Crippen LogP contribution >= 0.6 is 0 Å². The molecule has 0 bridgehead atoms. The van der Waals surface area contributed by atoms with Crippen molar-refractivity contribution in [3.63, 3.8) is 0 Å². The molecule has 1 heterocycles. The molecule has 20 heavy (non-hydrogen) atoms. The number of ketones is 1. The van der Waals surface area contributed by atoms with E-state index in [0.717, 1.165) is 31.4 Å². The fourth-order valence-electron chi connectivity index (χ4n) is 1.92. The van der Waals surface area contributed by atoms with Gasteiger partial charge in [-0.3, -0.25) is 9.78 Å². The van der Waals surface area contributed by atoms with Gasteiger partial charge in [-0.1, -0.05) is 39.0 Å². The van der Waals surface area contributed by atoms with Gasteiger partial charge >= 0.3 is 6.18 Å². The van der Waals surface area contributed by atoms with Gasteiger partial charge in [0.2, 0.25) is 0 Å². The predicted octanol–water partition coefficient (Wildman–Crippen LogP) is 5.03. The molecule has 0 saturated carbocycles. The predicted molar refractivity (Wildman–Crippen MR) is 71.6 cm³/mol. The number of pyridine rings is 1. The average molecular weight is 287 g/mol. The quantitative estimate of drug-likeness (QED) is 0.495. The van der Waals surface area contributed by atoms with Crippen LogP contribution in [0.1, 0.15) is 67.9 Å². The van der Waals surface area contributed by atoms with E-state index in [4.69, 9.17) is 0 Å². The Labute approximate surface area is 117 Å². The highest BCUT2D eigenvalue weighted by atomic mass is 19.4. The molecule has 0 spiro atoms. The molecule has 0 amide bonds. The molecule has 0 aromatic carbocycles. The molecule has 0 N–H and O–H groups in total. The minimum Gasteiger partial charge on any atom is -0.292 e. The normalized spacial score (nSPS) is 11.6. The Balaban J connectivity index is 2.37. The molecule has 0 unspecified atom stereocenters. The van der Waals surface area contributed by atoms with Crippen LogP contribution in [0.4, 0.5) is 13.2 Å². The van der Waals surface area contributed by atoms with Crippen molar-refractivity contribution in [1.82, 2.24) is 4.98 Å². The molecule has 0 radical (unpaired) electrons. The van der Waals surface area contributed by atoms with E-state index in [0.29, 0.717) is 12.6 Å². The smallest absolute Gasteiger partial charge is 0.292 e. The zero-order chi connectivity index (χ0) is 15.0. The molecule has 2 nitrogen and oxygen atoms in total. The number of Topliss-reactive ketones (excluding diaryl/α,β-unsaturated/α-hetero) is 1. The maximum atomic E-state index is 12.3. The monoisotopic (exact) mass is 287 g/mol. The number of aromatic nitrogens is 1. The number of unbranched alkanes of at least 4 members (excludes halogenated alkanes) is 5. The highest BCUT2D eigenvalue weighted by molar-refractivity contribution is 5.94. The van der Waals surface area contributed by atoms with Crippen LogP contribution in [0.5, 0.6) is 0 Å². The SMILES string of the molecule is CCCCCCCCC(=O)c1ccc(C(F)(F)F)cn1. The van der Waals surface area contributed by atoms with E-state index in [2.05, 4.69) is 11.9 Å². The summed E-state index contributed by atoms with van der Waals surface area (Å²) in [5.41, 5.74) is -0.708. The summed E-state index contributed by atoms with van der Waals surface area (Å²) in [7, 11) is 0. The Morgan fingerprint density at radius 3 is 2.30 bits per heavy atom. The molecule has 0 atom stereocenters. The van der Waals surface area contributed by atoms with E-state index >= 15 is 0 Å². The zero-order valence-electron chi connectivity index (χ0n) is 11.7. The van der Waals surface area contributed by atoms with E-state index in [1.165, 1.54) is 19.3 Å². The first-order chi connectivity index (χ1) is 9.45. The Morgan fingerprint density at radius 1 is 1.10 bits per heavy atom. The number of carbonyl (C=O) groups excluding carboxylic acids is 1. The zero-order valence-corrected chi connectivity index (χ0v) is 11.7. The van der Waals surface area contributed by atoms with E-state index in [1.807, 2.05) is 0 Å². The maximum absolute atomic E-state index is 12.3. The molecule has 5 heteroatoms. The van der Waals surface area contributed by atoms with Crippen LogP contribution < -0.4 is 0 Å². The molecule has 1 rings (SSSR count). The summed E-state index contributed by atoms with van der Waals surface area (Å²) >= 11 is 0. The van der Waals surface area contributed by atoms with Gasteiger partial charge in [0.15, 0.2) is 5.78 Å². The second-order valence-electron chi connectivity index (χ2n) is 4.87. The molecule has 0 aliphatic carbocycles. The lowest BCUT2D eigenvalue weighted by atomic mass is 10.1. The minimum absolute atomic E-state index is 0.117. The number of rotatable bonds is 8. The van der Waals surface area contributed by atoms with Crippen LogP contribution in [0, 0.1) is 0 Å². The summed E-state index contributed by atoms with van der Waals surface area (Å²) in [6.45, 7) is 2.14. The third-order valence-corrected chi connectivity index (χ3v) is 3.13. The number of hydrogen-bond acceptors (Lipinski definition) is 2. The lowest BCUT2D eigenvalue weighted by Crippen LogP contribution is -2.08. The lowest BCUT2D eigenvalue weighted by molar-refractivity contribution is -0.137. The van der Waals surface area contributed by atoms with Crippen LogP contribution in [0.3, 0.4) is 0 Å². The lowest BCUT2D eigenvalue weighted by Gasteiger charge is -2.06. The summed E-state index contributed by atoms with van der Waals surface area (Å²) in [4.78, 5) is 15.4. The van der Waals surface area contributed by atoms with Crippen molar-refractivity contribution in [1.29, 1.82) is 0 Å². The first-order valence-corrected chi connectivity index (χ1v) is 7.01. The largest absolute Gasteiger partial charge is 0.417 e. The molecule has 0 aliphatic rings. The number of alkyl halides is 3. The van der Waals surface area contributed by atoms with E-state index in [9.17, 15) is 18.0 Å². The fourth-order valence-corrected chi connectivity index (χ4v) is 1.92. The van der Waals surface area contributed by atoms with Crippen LogP contribution in [-0.4, -0.2) is 10.8 Å². The van der Waals surface area contributed by atoms with Gasteiger partial charge in [0.1, 0.15) is 5.69 Å². The van der Waals surface area contributed by atoms with Gasteiger partial charge in [0, 0.05) is 12.6 Å². The molecule has 112 valence electrons. The highest BCUT2D eigenvalue weighted by Crippen LogP contribution is 2.28. The first kappa shape index (κ1) is 16.7. The van der Waals surface area contributed by atoms with Crippen molar-refractivity contribution < 1.29 is 18.0 Å². The average Bonchev–Trinajstić information content (AvgIpc) is 2.41. The fraction of sp³-hybridized carbons (Fsp3) is 0.600. The van der Waals surface area contributed by atoms with E-state index < -0.39 is 11.7 Å². The Kier molecular flexibility index (Phi) is 6.68. The topological polar surface area (TPSA) is 30.0 Å². The van der Waals surface area contributed by atoms with Gasteiger partial charge in [-0.05, 0) is 18.6 Å². The minimum atomic E-state index is -4.41.